The first-order valence-corrected chi connectivity index (χ1v) is 7.76. The summed E-state index contributed by atoms with van der Waals surface area (Å²) in [4.78, 5) is 41.9. The summed E-state index contributed by atoms with van der Waals surface area (Å²) in [5.41, 5.74) is 6.37. The fourth-order valence-corrected chi connectivity index (χ4v) is 2.63. The number of carbonyl (C=O) groups is 2. The van der Waals surface area contributed by atoms with E-state index in [4.69, 9.17) is 5.73 Å². The van der Waals surface area contributed by atoms with Gasteiger partial charge in [0.05, 0.1) is 6.54 Å². The highest BCUT2D eigenvalue weighted by Gasteiger charge is 2.43. The highest BCUT2D eigenvalue weighted by Crippen LogP contribution is 2.26. The molecule has 0 bridgehead atoms. The largest absolute Gasteiger partial charge is 0.368 e. The molecule has 0 aliphatic carbocycles. The van der Waals surface area contributed by atoms with Crippen LogP contribution in [0.4, 0.5) is 22.4 Å². The molecule has 0 saturated carbocycles. The van der Waals surface area contributed by atoms with Gasteiger partial charge < -0.3 is 10.6 Å². The molecule has 0 spiro atoms. The molecule has 1 aromatic heterocycles. The Bertz CT molecular complexity index is 809. The first kappa shape index (κ1) is 16.6. The van der Waals surface area contributed by atoms with Gasteiger partial charge in [-0.05, 0) is 19.1 Å². The van der Waals surface area contributed by atoms with Crippen LogP contribution in [0.2, 0.25) is 0 Å². The van der Waals surface area contributed by atoms with Crippen LogP contribution in [0, 0.1) is 0 Å². The van der Waals surface area contributed by atoms with Crippen LogP contribution in [0.15, 0.2) is 30.3 Å². The van der Waals surface area contributed by atoms with Gasteiger partial charge in [0, 0.05) is 19.8 Å². The van der Waals surface area contributed by atoms with E-state index in [1.54, 1.807) is 38.1 Å². The zero-order valence-electron chi connectivity index (χ0n) is 14.2. The lowest BCUT2D eigenvalue weighted by Crippen LogP contribution is -2.34. The Morgan fingerprint density at radius 1 is 1.12 bits per heavy atom. The Morgan fingerprint density at radius 2 is 1.80 bits per heavy atom. The van der Waals surface area contributed by atoms with Gasteiger partial charge in [-0.15, -0.1) is 0 Å². The normalized spacial score (nSPS) is 17.3. The van der Waals surface area contributed by atoms with E-state index < -0.39 is 12.1 Å². The monoisotopic (exact) mass is 341 g/mol. The summed E-state index contributed by atoms with van der Waals surface area (Å²) < 4.78 is 0. The highest BCUT2D eigenvalue weighted by atomic mass is 16.2. The van der Waals surface area contributed by atoms with Crippen molar-refractivity contribution in [2.24, 2.45) is 0 Å². The van der Waals surface area contributed by atoms with Gasteiger partial charge in [-0.25, -0.2) is 4.79 Å². The second-order valence-corrected chi connectivity index (χ2v) is 5.89. The van der Waals surface area contributed by atoms with Crippen LogP contribution in [-0.4, -0.2) is 51.9 Å². The van der Waals surface area contributed by atoms with Gasteiger partial charge in [0.25, 0.3) is 5.91 Å². The molecule has 130 valence electrons. The average Bonchev–Trinajstić information content (AvgIpc) is 2.79. The molecule has 3 rings (SSSR count). The van der Waals surface area contributed by atoms with Crippen LogP contribution in [0.25, 0.3) is 0 Å². The van der Waals surface area contributed by atoms with E-state index in [1.165, 1.54) is 4.90 Å². The van der Waals surface area contributed by atoms with Gasteiger partial charge in [0.2, 0.25) is 11.9 Å². The summed E-state index contributed by atoms with van der Waals surface area (Å²) in [6, 6.07) is 8.06. The smallest absolute Gasteiger partial charge is 0.332 e. The van der Waals surface area contributed by atoms with E-state index in [0.717, 1.165) is 4.90 Å². The molecule has 1 aliphatic rings. The molecule has 9 heteroatoms. The molecule has 1 saturated heterocycles. The molecule has 1 aliphatic heterocycles. The molecule has 0 radical (unpaired) electrons. The van der Waals surface area contributed by atoms with E-state index >= 15 is 0 Å². The zero-order valence-corrected chi connectivity index (χ0v) is 14.2. The van der Waals surface area contributed by atoms with E-state index in [9.17, 15) is 9.59 Å². The second kappa shape index (κ2) is 6.34. The minimum atomic E-state index is -0.595. The van der Waals surface area contributed by atoms with Crippen molar-refractivity contribution in [3.8, 4) is 0 Å². The lowest BCUT2D eigenvalue weighted by atomic mass is 10.2. The molecule has 1 fully saturated rings. The van der Waals surface area contributed by atoms with E-state index in [0.29, 0.717) is 11.6 Å². The standard InChI is InChI=1S/C16H19N7O2/c1-10-13(24)22(16(25)23(10)11-7-5-4-6-8-11)9-12-18-14(17)20-15(19-12)21(2)3/h4-8,10H,9H2,1-3H3,(H2,17,18,19,20)/t10-/m0/s1. The lowest BCUT2D eigenvalue weighted by Gasteiger charge is -2.19. The number of rotatable bonds is 4. The quantitative estimate of drug-likeness (QED) is 0.822. The number of urea groups is 1. The maximum atomic E-state index is 12.8. The van der Waals surface area contributed by atoms with Crippen LogP contribution < -0.4 is 15.5 Å². The number of hydrogen-bond acceptors (Lipinski definition) is 7. The summed E-state index contributed by atoms with van der Waals surface area (Å²) in [6.07, 6.45) is 0. The predicted molar refractivity (Wildman–Crippen MR) is 92.9 cm³/mol. The van der Waals surface area contributed by atoms with Crippen molar-refractivity contribution in [2.75, 3.05) is 29.6 Å². The number of aromatic nitrogens is 3. The minimum Gasteiger partial charge on any atom is -0.368 e. The third kappa shape index (κ3) is 3.08. The van der Waals surface area contributed by atoms with Crippen molar-refractivity contribution in [1.82, 2.24) is 19.9 Å². The van der Waals surface area contributed by atoms with E-state index in [2.05, 4.69) is 15.0 Å². The summed E-state index contributed by atoms with van der Waals surface area (Å²) in [5, 5.41) is 0. The Hall–Kier alpha value is -3.23. The number of anilines is 3. The molecule has 1 aromatic carbocycles. The van der Waals surface area contributed by atoms with Gasteiger partial charge in [0.15, 0.2) is 5.82 Å². The maximum absolute atomic E-state index is 12.8. The van der Waals surface area contributed by atoms with Crippen LogP contribution >= 0.6 is 0 Å². The van der Waals surface area contributed by atoms with Crippen LogP contribution in [-0.2, 0) is 11.3 Å². The minimum absolute atomic E-state index is 0.0424. The number of hydrogen-bond donors (Lipinski definition) is 1. The molecule has 1 atom stereocenters. The van der Waals surface area contributed by atoms with Crippen molar-refractivity contribution in [1.29, 1.82) is 0 Å². The number of benzene rings is 1. The molecule has 9 nitrogen and oxygen atoms in total. The number of nitrogen functional groups attached to an aromatic ring is 1. The van der Waals surface area contributed by atoms with Gasteiger partial charge in [-0.1, -0.05) is 18.2 Å². The summed E-state index contributed by atoms with van der Waals surface area (Å²) in [6.45, 7) is 1.64. The molecular formula is C16H19N7O2. The van der Waals surface area contributed by atoms with Crippen LogP contribution in [0.5, 0.6) is 0 Å². The first-order chi connectivity index (χ1) is 11.9. The number of imide groups is 1. The number of amides is 3. The number of para-hydroxylation sites is 1. The second-order valence-electron chi connectivity index (χ2n) is 5.89. The third-order valence-electron chi connectivity index (χ3n) is 3.87. The average molecular weight is 341 g/mol. The van der Waals surface area contributed by atoms with Crippen molar-refractivity contribution in [3.05, 3.63) is 36.2 Å². The topological polar surface area (TPSA) is 109 Å². The lowest BCUT2D eigenvalue weighted by molar-refractivity contribution is -0.127. The molecule has 25 heavy (non-hydrogen) atoms. The van der Waals surface area contributed by atoms with Gasteiger partial charge >= 0.3 is 6.03 Å². The maximum Gasteiger partial charge on any atom is 0.332 e. The summed E-state index contributed by atoms with van der Waals surface area (Å²) >= 11 is 0. The molecule has 2 aromatic rings. The Morgan fingerprint density at radius 3 is 2.44 bits per heavy atom. The highest BCUT2D eigenvalue weighted by molar-refractivity contribution is 6.13. The molecule has 2 N–H and O–H groups in total. The summed E-state index contributed by atoms with van der Waals surface area (Å²) in [5.74, 6) is 0.370. The van der Waals surface area contributed by atoms with Gasteiger partial charge in [-0.2, -0.15) is 15.0 Å². The number of nitrogens with two attached hydrogens (primary N) is 1. The van der Waals surface area contributed by atoms with Crippen molar-refractivity contribution < 1.29 is 9.59 Å². The van der Waals surface area contributed by atoms with Crippen LogP contribution in [0.3, 0.4) is 0 Å². The number of nitrogens with zero attached hydrogens (tertiary/aromatic N) is 6. The predicted octanol–water partition coefficient (Wildman–Crippen LogP) is 0.877. The van der Waals surface area contributed by atoms with Crippen molar-refractivity contribution in [3.63, 3.8) is 0 Å². The molecular weight excluding hydrogens is 322 g/mol. The summed E-state index contributed by atoms with van der Waals surface area (Å²) in [7, 11) is 3.54. The number of carbonyl (C=O) groups excluding carboxylic acids is 2. The SMILES string of the molecule is C[C@H]1C(=O)N(Cc2nc(N)nc(N(C)C)n2)C(=O)N1c1ccccc1. The third-order valence-corrected chi connectivity index (χ3v) is 3.87. The van der Waals surface area contributed by atoms with Crippen LogP contribution in [0.1, 0.15) is 12.7 Å². The van der Waals surface area contributed by atoms with Gasteiger partial charge in [-0.3, -0.25) is 14.6 Å². The zero-order chi connectivity index (χ0) is 18.1. The molecule has 3 amide bonds. The van der Waals surface area contributed by atoms with Gasteiger partial charge in [0.1, 0.15) is 6.04 Å². The fraction of sp³-hybridized carbons (Fsp3) is 0.312. The first-order valence-electron chi connectivity index (χ1n) is 7.76. The van der Waals surface area contributed by atoms with Crippen molar-refractivity contribution in [2.45, 2.75) is 19.5 Å². The Kier molecular flexibility index (Phi) is 4.22. The fourth-order valence-electron chi connectivity index (χ4n) is 2.63. The Labute approximate surface area is 145 Å². The molecule has 0 unspecified atom stereocenters. The van der Waals surface area contributed by atoms with Crippen molar-refractivity contribution >= 4 is 29.5 Å². The Balaban J connectivity index is 1.89. The van der Waals surface area contributed by atoms with E-state index in [-0.39, 0.29) is 24.2 Å². The molecule has 2 heterocycles. The van der Waals surface area contributed by atoms with E-state index in [1.807, 2.05) is 18.2 Å².